The van der Waals surface area contributed by atoms with E-state index in [0.717, 1.165) is 31.0 Å². The number of carbonyl (C=O) groups is 1. The van der Waals surface area contributed by atoms with E-state index in [1.165, 1.54) is 4.90 Å². The summed E-state index contributed by atoms with van der Waals surface area (Å²) in [5, 5.41) is 10.7. The predicted molar refractivity (Wildman–Crippen MR) is 67.8 cm³/mol. The molecule has 0 bridgehead atoms. The molecule has 2 rings (SSSR count). The molecule has 1 aliphatic heterocycles. The second-order valence-electron chi connectivity index (χ2n) is 4.41. The quantitative estimate of drug-likeness (QED) is 0.477. The molecule has 7 heteroatoms. The van der Waals surface area contributed by atoms with E-state index in [0.29, 0.717) is 13.1 Å². The maximum Gasteiger partial charge on any atom is 0.282 e. The van der Waals surface area contributed by atoms with Crippen LogP contribution in [0.5, 0.6) is 0 Å². The number of carbonyl (C=O) groups excluding carboxylic acids is 1. The number of benzene rings is 1. The second-order valence-corrected chi connectivity index (χ2v) is 5.03. The molecule has 1 amide bonds. The van der Waals surface area contributed by atoms with Gasteiger partial charge in [0.2, 0.25) is 0 Å². The molecule has 0 radical (unpaired) electrons. The zero-order chi connectivity index (χ0) is 14.0. The Hall–Kier alpha value is -1.69. The molecule has 1 atom stereocenters. The van der Waals surface area contributed by atoms with Gasteiger partial charge in [0.1, 0.15) is 11.4 Å². The highest BCUT2D eigenvalue weighted by Gasteiger charge is 2.28. The van der Waals surface area contributed by atoms with E-state index in [1.54, 1.807) is 0 Å². The molecule has 1 unspecified atom stereocenters. The number of rotatable bonds is 2. The molecule has 0 N–H and O–H groups in total. The normalized spacial score (nSPS) is 19.3. The van der Waals surface area contributed by atoms with E-state index in [-0.39, 0.29) is 16.6 Å². The molecule has 1 heterocycles. The molecule has 0 aromatic heterocycles. The Balaban J connectivity index is 2.32. The molecule has 1 aromatic carbocycles. The van der Waals surface area contributed by atoms with Gasteiger partial charge >= 0.3 is 0 Å². The fourth-order valence-electron chi connectivity index (χ4n) is 2.12. The highest BCUT2D eigenvalue weighted by atomic mass is 35.5. The second kappa shape index (κ2) is 5.52. The van der Waals surface area contributed by atoms with Gasteiger partial charge in [-0.15, -0.1) is 11.6 Å². The minimum absolute atomic E-state index is 0.162. The third-order valence-corrected chi connectivity index (χ3v) is 3.39. The summed E-state index contributed by atoms with van der Waals surface area (Å²) in [6.07, 6.45) is 1.54. The molecule has 1 aromatic rings. The summed E-state index contributed by atoms with van der Waals surface area (Å²) in [4.78, 5) is 23.8. The Bertz CT molecular complexity index is 524. The van der Waals surface area contributed by atoms with Gasteiger partial charge in [-0.2, -0.15) is 0 Å². The van der Waals surface area contributed by atoms with Crippen LogP contribution >= 0.6 is 11.6 Å². The first-order chi connectivity index (χ1) is 8.99. The molecule has 1 aliphatic rings. The Morgan fingerprint density at radius 1 is 1.53 bits per heavy atom. The summed E-state index contributed by atoms with van der Waals surface area (Å²) in [5.74, 6) is -1.22. The van der Waals surface area contributed by atoms with Crippen LogP contribution in [0.4, 0.5) is 10.1 Å². The van der Waals surface area contributed by atoms with Crippen molar-refractivity contribution in [3.63, 3.8) is 0 Å². The highest BCUT2D eigenvalue weighted by Crippen LogP contribution is 2.24. The van der Waals surface area contributed by atoms with Gasteiger partial charge in [0.05, 0.1) is 10.3 Å². The summed E-state index contributed by atoms with van der Waals surface area (Å²) < 4.78 is 13.2. The summed E-state index contributed by atoms with van der Waals surface area (Å²) >= 11 is 5.97. The van der Waals surface area contributed by atoms with Gasteiger partial charge in [-0.1, -0.05) is 0 Å². The fourth-order valence-corrected chi connectivity index (χ4v) is 2.44. The maximum absolute atomic E-state index is 13.2. The van der Waals surface area contributed by atoms with Crippen molar-refractivity contribution in [3.05, 3.63) is 39.7 Å². The lowest BCUT2D eigenvalue weighted by atomic mass is 10.1. The SMILES string of the molecule is O=C(c1cc(F)ccc1[N+](=O)[O-])N1CCCC(Cl)C1. The number of piperidine rings is 1. The Kier molecular flexibility index (Phi) is 3.99. The minimum Gasteiger partial charge on any atom is -0.337 e. The molecule has 1 saturated heterocycles. The number of halogens is 2. The highest BCUT2D eigenvalue weighted by molar-refractivity contribution is 6.21. The van der Waals surface area contributed by atoms with Crippen molar-refractivity contribution in [2.24, 2.45) is 0 Å². The van der Waals surface area contributed by atoms with Crippen molar-refractivity contribution in [2.75, 3.05) is 13.1 Å². The maximum atomic E-state index is 13.2. The topological polar surface area (TPSA) is 63.4 Å². The van der Waals surface area contributed by atoms with Crippen molar-refractivity contribution >= 4 is 23.2 Å². The molecule has 19 heavy (non-hydrogen) atoms. The van der Waals surface area contributed by atoms with Crippen molar-refractivity contribution in [3.8, 4) is 0 Å². The lowest BCUT2D eigenvalue weighted by Gasteiger charge is -2.29. The predicted octanol–water partition coefficient (Wildman–Crippen LogP) is 2.58. The number of hydrogen-bond acceptors (Lipinski definition) is 3. The van der Waals surface area contributed by atoms with Crippen LogP contribution < -0.4 is 0 Å². The average Bonchev–Trinajstić information content (AvgIpc) is 2.37. The zero-order valence-electron chi connectivity index (χ0n) is 10.0. The van der Waals surface area contributed by atoms with Crippen LogP contribution in [0.1, 0.15) is 23.2 Å². The zero-order valence-corrected chi connectivity index (χ0v) is 10.8. The molecule has 0 aliphatic carbocycles. The fraction of sp³-hybridized carbons (Fsp3) is 0.417. The van der Waals surface area contributed by atoms with E-state index < -0.39 is 16.6 Å². The van der Waals surface area contributed by atoms with E-state index in [9.17, 15) is 19.3 Å². The van der Waals surface area contributed by atoms with E-state index in [2.05, 4.69) is 0 Å². The number of amides is 1. The number of nitro benzene ring substituents is 1. The Labute approximate surface area is 114 Å². The molecule has 0 saturated carbocycles. The lowest BCUT2D eigenvalue weighted by Crippen LogP contribution is -2.40. The summed E-state index contributed by atoms with van der Waals surface area (Å²) in [6, 6.07) is 2.87. The standard InChI is InChI=1S/C12H12ClFN2O3/c13-8-2-1-5-15(7-8)12(17)10-6-9(14)3-4-11(10)16(18)19/h3-4,6,8H,1-2,5,7H2. The third kappa shape index (κ3) is 3.01. The summed E-state index contributed by atoms with van der Waals surface area (Å²) in [5.41, 5.74) is -0.612. The first-order valence-corrected chi connectivity index (χ1v) is 6.30. The van der Waals surface area contributed by atoms with Gasteiger partial charge in [-0.05, 0) is 25.0 Å². The van der Waals surface area contributed by atoms with E-state index >= 15 is 0 Å². The molecule has 0 spiro atoms. The van der Waals surface area contributed by atoms with Gasteiger partial charge in [-0.25, -0.2) is 4.39 Å². The number of nitro groups is 1. The van der Waals surface area contributed by atoms with Crippen LogP contribution in [0.15, 0.2) is 18.2 Å². The minimum atomic E-state index is -0.686. The van der Waals surface area contributed by atoms with Crippen LogP contribution in [-0.2, 0) is 0 Å². The van der Waals surface area contributed by atoms with Crippen LogP contribution in [0.2, 0.25) is 0 Å². The first-order valence-electron chi connectivity index (χ1n) is 5.86. The average molecular weight is 287 g/mol. The van der Waals surface area contributed by atoms with Gasteiger partial charge in [0.25, 0.3) is 11.6 Å². The van der Waals surface area contributed by atoms with Crippen molar-refractivity contribution in [1.82, 2.24) is 4.90 Å². The van der Waals surface area contributed by atoms with Crippen LogP contribution in [0.3, 0.4) is 0 Å². The molecule has 102 valence electrons. The van der Waals surface area contributed by atoms with Crippen molar-refractivity contribution in [1.29, 1.82) is 0 Å². The number of nitrogens with zero attached hydrogens (tertiary/aromatic N) is 2. The van der Waals surface area contributed by atoms with Gasteiger partial charge in [0, 0.05) is 19.2 Å². The number of hydrogen-bond donors (Lipinski definition) is 0. The molecular formula is C12H12ClFN2O3. The van der Waals surface area contributed by atoms with E-state index in [1.807, 2.05) is 0 Å². The number of alkyl halides is 1. The number of likely N-dealkylation sites (tertiary alicyclic amines) is 1. The van der Waals surface area contributed by atoms with Crippen molar-refractivity contribution in [2.45, 2.75) is 18.2 Å². The van der Waals surface area contributed by atoms with E-state index in [4.69, 9.17) is 11.6 Å². The Morgan fingerprint density at radius 2 is 2.26 bits per heavy atom. The van der Waals surface area contributed by atoms with Crippen LogP contribution in [-0.4, -0.2) is 34.2 Å². The molecular weight excluding hydrogens is 275 g/mol. The summed E-state index contributed by atoms with van der Waals surface area (Å²) in [7, 11) is 0. The lowest BCUT2D eigenvalue weighted by molar-refractivity contribution is -0.385. The van der Waals surface area contributed by atoms with Gasteiger partial charge < -0.3 is 4.90 Å². The van der Waals surface area contributed by atoms with Gasteiger partial charge in [0.15, 0.2) is 0 Å². The largest absolute Gasteiger partial charge is 0.337 e. The molecule has 5 nitrogen and oxygen atoms in total. The summed E-state index contributed by atoms with van der Waals surface area (Å²) in [6.45, 7) is 0.809. The van der Waals surface area contributed by atoms with Gasteiger partial charge in [-0.3, -0.25) is 14.9 Å². The Morgan fingerprint density at radius 3 is 2.89 bits per heavy atom. The molecule has 1 fully saturated rings. The van der Waals surface area contributed by atoms with Crippen molar-refractivity contribution < 1.29 is 14.1 Å². The third-order valence-electron chi connectivity index (χ3n) is 3.04. The first kappa shape index (κ1) is 13.7. The smallest absolute Gasteiger partial charge is 0.282 e. The monoisotopic (exact) mass is 286 g/mol. The van der Waals surface area contributed by atoms with Crippen LogP contribution in [0, 0.1) is 15.9 Å². The van der Waals surface area contributed by atoms with Crippen LogP contribution in [0.25, 0.3) is 0 Å².